The number of unbranched alkanes of at least 4 members (excludes halogenated alkanes) is 1. The lowest BCUT2D eigenvalue weighted by atomic mass is 9.54. The fourth-order valence-electron chi connectivity index (χ4n) is 6.34. The van der Waals surface area contributed by atoms with E-state index >= 15 is 0 Å². The van der Waals surface area contributed by atoms with Crippen molar-refractivity contribution in [1.82, 2.24) is 0 Å². The maximum Gasteiger partial charge on any atom is 0.142 e. The van der Waals surface area contributed by atoms with E-state index in [9.17, 15) is 4.79 Å². The molecule has 2 heteroatoms. The van der Waals surface area contributed by atoms with Crippen molar-refractivity contribution in [2.75, 3.05) is 7.11 Å². The molecule has 136 valence electrons. The maximum absolute atomic E-state index is 13.2. The Balaban J connectivity index is 1.59. The number of carbonyl (C=O) groups is 1. The standard InChI is InChI=1S/C23H32O2/c1-4-5-6-16-14-21-20-9-7-15-13-17(25-3)8-10-18(15)19(20)11-12-23(21,2)22(16)24/h7-8,10,13,16,18-21H,4-6,9,11-12,14H2,1-3H3/t16?,18-,19+,20+,21-,23-/m0/s1. The predicted molar refractivity (Wildman–Crippen MR) is 101 cm³/mol. The Bertz CT molecular complexity index is 640. The SMILES string of the molecule is CCCCC1C[C@H]2[C@@H]3CC=C4C=C(OC)C=C[C@@H]4[C@H]3CC[C@]2(C)C1=O. The van der Waals surface area contributed by atoms with Gasteiger partial charge in [-0.2, -0.15) is 0 Å². The lowest BCUT2D eigenvalue weighted by Crippen LogP contribution is -2.45. The van der Waals surface area contributed by atoms with Crippen LogP contribution in [0.15, 0.2) is 35.6 Å². The number of allylic oxidation sites excluding steroid dienone is 5. The van der Waals surface area contributed by atoms with Crippen LogP contribution >= 0.6 is 0 Å². The van der Waals surface area contributed by atoms with Gasteiger partial charge in [-0.3, -0.25) is 4.79 Å². The molecule has 0 bridgehead atoms. The highest BCUT2D eigenvalue weighted by Gasteiger charge is 2.58. The third kappa shape index (κ3) is 2.64. The third-order valence-electron chi connectivity index (χ3n) is 7.74. The van der Waals surface area contributed by atoms with E-state index in [2.05, 4.69) is 38.2 Å². The van der Waals surface area contributed by atoms with Gasteiger partial charge in [-0.05, 0) is 67.6 Å². The fraction of sp³-hybridized carbons (Fsp3) is 0.696. The van der Waals surface area contributed by atoms with Gasteiger partial charge < -0.3 is 4.74 Å². The fourth-order valence-corrected chi connectivity index (χ4v) is 6.34. The Hall–Kier alpha value is -1.31. The van der Waals surface area contributed by atoms with Crippen LogP contribution < -0.4 is 0 Å². The van der Waals surface area contributed by atoms with Gasteiger partial charge in [-0.15, -0.1) is 0 Å². The number of ether oxygens (including phenoxy) is 1. The molecule has 0 aromatic carbocycles. The van der Waals surface area contributed by atoms with E-state index in [-0.39, 0.29) is 5.41 Å². The van der Waals surface area contributed by atoms with Crippen LogP contribution in [0, 0.1) is 35.0 Å². The number of methoxy groups -OCH3 is 1. The van der Waals surface area contributed by atoms with Crippen molar-refractivity contribution >= 4 is 5.78 Å². The summed E-state index contributed by atoms with van der Waals surface area (Å²) >= 11 is 0. The summed E-state index contributed by atoms with van der Waals surface area (Å²) in [5, 5.41) is 0. The van der Waals surface area contributed by atoms with E-state index in [1.165, 1.54) is 24.8 Å². The number of fused-ring (bicyclic) bond motifs is 5. The highest BCUT2D eigenvalue weighted by Crippen LogP contribution is 2.61. The zero-order valence-corrected chi connectivity index (χ0v) is 16.0. The number of rotatable bonds is 4. The molecule has 0 spiro atoms. The van der Waals surface area contributed by atoms with Gasteiger partial charge in [-0.1, -0.05) is 38.8 Å². The van der Waals surface area contributed by atoms with Gasteiger partial charge in [0.1, 0.15) is 11.5 Å². The minimum absolute atomic E-state index is 0.0448. The molecule has 4 rings (SSSR count). The van der Waals surface area contributed by atoms with Gasteiger partial charge in [0.2, 0.25) is 0 Å². The Morgan fingerprint density at radius 3 is 2.92 bits per heavy atom. The minimum atomic E-state index is -0.0448. The van der Waals surface area contributed by atoms with E-state index in [1.807, 2.05) is 0 Å². The number of Topliss-reactive ketones (excluding diaryl/α,β-unsaturated/α-hetero) is 1. The molecule has 0 aliphatic heterocycles. The van der Waals surface area contributed by atoms with Gasteiger partial charge in [0.25, 0.3) is 0 Å². The second kappa shape index (κ2) is 6.45. The molecule has 0 saturated heterocycles. The lowest BCUT2D eigenvalue weighted by molar-refractivity contribution is -0.132. The average molecular weight is 341 g/mol. The summed E-state index contributed by atoms with van der Waals surface area (Å²) in [6.45, 7) is 4.52. The van der Waals surface area contributed by atoms with Crippen LogP contribution in [0.4, 0.5) is 0 Å². The van der Waals surface area contributed by atoms with Crippen molar-refractivity contribution in [1.29, 1.82) is 0 Å². The highest BCUT2D eigenvalue weighted by molar-refractivity contribution is 5.89. The molecule has 0 aromatic rings. The van der Waals surface area contributed by atoms with E-state index in [4.69, 9.17) is 4.74 Å². The molecule has 25 heavy (non-hydrogen) atoms. The Morgan fingerprint density at radius 1 is 1.32 bits per heavy atom. The first-order valence-corrected chi connectivity index (χ1v) is 10.3. The summed E-state index contributed by atoms with van der Waals surface area (Å²) in [6, 6.07) is 0. The van der Waals surface area contributed by atoms with E-state index in [1.54, 1.807) is 7.11 Å². The summed E-state index contributed by atoms with van der Waals surface area (Å²) < 4.78 is 5.42. The zero-order valence-electron chi connectivity index (χ0n) is 16.0. The van der Waals surface area contributed by atoms with Crippen LogP contribution in [0.1, 0.15) is 58.8 Å². The normalized spacial score (nSPS) is 42.2. The largest absolute Gasteiger partial charge is 0.497 e. The molecule has 1 unspecified atom stereocenters. The topological polar surface area (TPSA) is 26.3 Å². The molecule has 2 saturated carbocycles. The predicted octanol–water partition coefficient (Wildman–Crippen LogP) is 5.46. The average Bonchev–Trinajstić information content (AvgIpc) is 2.90. The Kier molecular flexibility index (Phi) is 4.42. The van der Waals surface area contributed by atoms with Crippen LogP contribution in [-0.4, -0.2) is 12.9 Å². The quantitative estimate of drug-likeness (QED) is 0.679. The first-order valence-electron chi connectivity index (χ1n) is 10.3. The molecule has 6 atom stereocenters. The molecule has 2 nitrogen and oxygen atoms in total. The van der Waals surface area contributed by atoms with Crippen molar-refractivity contribution in [2.24, 2.45) is 35.0 Å². The van der Waals surface area contributed by atoms with Gasteiger partial charge in [0.05, 0.1) is 7.11 Å². The minimum Gasteiger partial charge on any atom is -0.497 e. The third-order valence-corrected chi connectivity index (χ3v) is 7.74. The van der Waals surface area contributed by atoms with Crippen LogP contribution in [0.2, 0.25) is 0 Å². The van der Waals surface area contributed by atoms with Gasteiger partial charge >= 0.3 is 0 Å². The van der Waals surface area contributed by atoms with Crippen molar-refractivity contribution < 1.29 is 9.53 Å². The van der Waals surface area contributed by atoms with Crippen molar-refractivity contribution in [3.05, 3.63) is 35.6 Å². The summed E-state index contributed by atoms with van der Waals surface area (Å²) in [4.78, 5) is 13.2. The Morgan fingerprint density at radius 2 is 2.16 bits per heavy atom. The molecular formula is C23H32O2. The summed E-state index contributed by atoms with van der Waals surface area (Å²) in [7, 11) is 1.75. The van der Waals surface area contributed by atoms with Crippen molar-refractivity contribution in [3.63, 3.8) is 0 Å². The van der Waals surface area contributed by atoms with Crippen molar-refractivity contribution in [3.8, 4) is 0 Å². The van der Waals surface area contributed by atoms with E-state index < -0.39 is 0 Å². The molecule has 0 N–H and O–H groups in total. The van der Waals surface area contributed by atoms with Gasteiger partial charge in [-0.25, -0.2) is 0 Å². The number of carbonyl (C=O) groups excluding carboxylic acids is 1. The molecule has 0 radical (unpaired) electrons. The highest BCUT2D eigenvalue weighted by atomic mass is 16.5. The summed E-state index contributed by atoms with van der Waals surface area (Å²) in [5.41, 5.74) is 1.40. The first-order chi connectivity index (χ1) is 12.1. The van der Waals surface area contributed by atoms with Crippen LogP contribution in [-0.2, 0) is 9.53 Å². The number of hydrogen-bond acceptors (Lipinski definition) is 2. The number of ketones is 1. The molecule has 4 aliphatic carbocycles. The van der Waals surface area contributed by atoms with Crippen molar-refractivity contribution in [2.45, 2.75) is 58.8 Å². The first kappa shape index (κ1) is 17.1. The summed E-state index contributed by atoms with van der Waals surface area (Å²) in [5.74, 6) is 4.43. The van der Waals surface area contributed by atoms with Crippen LogP contribution in [0.5, 0.6) is 0 Å². The smallest absolute Gasteiger partial charge is 0.142 e. The van der Waals surface area contributed by atoms with Crippen LogP contribution in [0.3, 0.4) is 0 Å². The molecule has 0 amide bonds. The molecule has 2 fully saturated rings. The molecule has 4 aliphatic rings. The van der Waals surface area contributed by atoms with Gasteiger partial charge in [0, 0.05) is 17.3 Å². The second-order valence-corrected chi connectivity index (χ2v) is 8.91. The molecular weight excluding hydrogens is 308 g/mol. The summed E-state index contributed by atoms with van der Waals surface area (Å²) in [6.07, 6.45) is 17.3. The monoisotopic (exact) mass is 340 g/mol. The second-order valence-electron chi connectivity index (χ2n) is 8.91. The Labute approximate surface area is 152 Å². The van der Waals surface area contributed by atoms with E-state index in [0.29, 0.717) is 35.4 Å². The zero-order chi connectivity index (χ0) is 17.6. The lowest BCUT2D eigenvalue weighted by Gasteiger charge is -2.49. The molecule has 0 heterocycles. The van der Waals surface area contributed by atoms with E-state index in [0.717, 1.165) is 31.4 Å². The van der Waals surface area contributed by atoms with Gasteiger partial charge in [0.15, 0.2) is 0 Å². The van der Waals surface area contributed by atoms with Crippen LogP contribution in [0.25, 0.3) is 0 Å². The molecule has 0 aromatic heterocycles. The number of hydrogen-bond donors (Lipinski definition) is 0. The maximum atomic E-state index is 13.2.